The van der Waals surface area contributed by atoms with Gasteiger partial charge in [0.2, 0.25) is 0 Å². The topological polar surface area (TPSA) is 57.7 Å². The van der Waals surface area contributed by atoms with E-state index in [4.69, 9.17) is 4.74 Å². The van der Waals surface area contributed by atoms with Crippen LogP contribution in [0.5, 0.6) is 5.75 Å². The molecule has 3 heterocycles. The number of nitrogens with one attached hydrogen (secondary N) is 1. The number of ether oxygens (including phenoxy) is 1. The molecule has 3 aromatic rings. The van der Waals surface area contributed by atoms with Crippen molar-refractivity contribution < 1.29 is 9.53 Å². The number of carbonyl (C=O) groups excluding carboxylic acids is 1. The van der Waals surface area contributed by atoms with Crippen molar-refractivity contribution in [2.75, 3.05) is 49.5 Å². The first kappa shape index (κ1) is 20.4. The number of nitrogens with zero attached hydrogens (tertiary/aromatic N) is 3. The SMILES string of the molecule is Cl.O=C1COc2ccc(CCN3CCN(c4ccnc5ccccc45)CC3)cc2N1. The molecular formula is C23H25ClN4O2. The Balaban J connectivity index is 0.00000218. The average Bonchev–Trinajstić information content (AvgIpc) is 2.77. The number of fused-ring (bicyclic) bond motifs is 2. The van der Waals surface area contributed by atoms with Gasteiger partial charge < -0.3 is 15.0 Å². The summed E-state index contributed by atoms with van der Waals surface area (Å²) in [7, 11) is 0. The lowest BCUT2D eigenvalue weighted by Gasteiger charge is -2.36. The number of hydrogen-bond acceptors (Lipinski definition) is 5. The van der Waals surface area contributed by atoms with Crippen LogP contribution < -0.4 is 15.0 Å². The predicted octanol–water partition coefficient (Wildman–Crippen LogP) is 3.35. The number of halogens is 1. The van der Waals surface area contributed by atoms with Gasteiger partial charge in [0.15, 0.2) is 6.61 Å². The van der Waals surface area contributed by atoms with Crippen molar-refractivity contribution >= 4 is 40.6 Å². The predicted molar refractivity (Wildman–Crippen MR) is 122 cm³/mol. The van der Waals surface area contributed by atoms with Crippen LogP contribution in [0.3, 0.4) is 0 Å². The lowest BCUT2D eigenvalue weighted by atomic mass is 10.1. The maximum atomic E-state index is 11.5. The number of carbonyl (C=O) groups is 1. The first-order valence-electron chi connectivity index (χ1n) is 10.1. The molecular weight excluding hydrogens is 400 g/mol. The van der Waals surface area contributed by atoms with Crippen LogP contribution in [0.15, 0.2) is 54.7 Å². The molecule has 0 unspecified atom stereocenters. The van der Waals surface area contributed by atoms with E-state index in [-0.39, 0.29) is 24.9 Å². The first-order valence-corrected chi connectivity index (χ1v) is 10.1. The number of rotatable bonds is 4. The van der Waals surface area contributed by atoms with E-state index < -0.39 is 0 Å². The second kappa shape index (κ2) is 8.90. The molecule has 1 saturated heterocycles. The Labute approximate surface area is 182 Å². The van der Waals surface area contributed by atoms with Crippen LogP contribution in [-0.2, 0) is 11.2 Å². The Morgan fingerprint density at radius 1 is 1.03 bits per heavy atom. The molecule has 5 rings (SSSR count). The Morgan fingerprint density at radius 3 is 2.73 bits per heavy atom. The minimum Gasteiger partial charge on any atom is -0.482 e. The van der Waals surface area contributed by atoms with Crippen molar-refractivity contribution in [3.8, 4) is 5.75 Å². The minimum absolute atomic E-state index is 0. The molecule has 1 amide bonds. The summed E-state index contributed by atoms with van der Waals surface area (Å²) in [5, 5.41) is 4.11. The summed E-state index contributed by atoms with van der Waals surface area (Å²) < 4.78 is 5.44. The Kier molecular flexibility index (Phi) is 6.06. The second-order valence-corrected chi connectivity index (χ2v) is 7.59. The average molecular weight is 425 g/mol. The zero-order valence-corrected chi connectivity index (χ0v) is 17.5. The summed E-state index contributed by atoms with van der Waals surface area (Å²) in [5.41, 5.74) is 4.34. The van der Waals surface area contributed by atoms with Crippen LogP contribution in [0.2, 0.25) is 0 Å². The number of pyridine rings is 1. The highest BCUT2D eigenvalue weighted by Gasteiger charge is 2.19. The number of anilines is 2. The first-order chi connectivity index (χ1) is 14.3. The van der Waals surface area contributed by atoms with E-state index in [1.807, 2.05) is 24.4 Å². The van der Waals surface area contributed by atoms with Gasteiger partial charge in [-0.3, -0.25) is 14.7 Å². The van der Waals surface area contributed by atoms with E-state index >= 15 is 0 Å². The van der Waals surface area contributed by atoms with Gasteiger partial charge in [-0.2, -0.15) is 0 Å². The number of benzene rings is 2. The summed E-state index contributed by atoms with van der Waals surface area (Å²) in [5.74, 6) is 0.668. The molecule has 6 nitrogen and oxygen atoms in total. The van der Waals surface area contributed by atoms with Crippen molar-refractivity contribution in [3.63, 3.8) is 0 Å². The molecule has 7 heteroatoms. The monoisotopic (exact) mass is 424 g/mol. The van der Waals surface area contributed by atoms with Gasteiger partial charge in [-0.15, -0.1) is 12.4 Å². The van der Waals surface area contributed by atoms with E-state index in [1.54, 1.807) is 0 Å². The number of para-hydroxylation sites is 1. The highest BCUT2D eigenvalue weighted by atomic mass is 35.5. The fourth-order valence-electron chi connectivity index (χ4n) is 4.14. The van der Waals surface area contributed by atoms with Crippen LogP contribution in [0, 0.1) is 0 Å². The molecule has 1 fully saturated rings. The molecule has 0 saturated carbocycles. The van der Waals surface area contributed by atoms with E-state index in [0.29, 0.717) is 0 Å². The van der Waals surface area contributed by atoms with E-state index in [0.717, 1.165) is 56.1 Å². The minimum atomic E-state index is -0.0885. The van der Waals surface area contributed by atoms with Gasteiger partial charge in [-0.1, -0.05) is 24.3 Å². The van der Waals surface area contributed by atoms with Crippen molar-refractivity contribution in [3.05, 3.63) is 60.3 Å². The van der Waals surface area contributed by atoms with Crippen LogP contribution in [0.1, 0.15) is 5.56 Å². The molecule has 2 aliphatic rings. The molecule has 1 N–H and O–H groups in total. The van der Waals surface area contributed by atoms with Gasteiger partial charge in [0.25, 0.3) is 5.91 Å². The number of hydrogen-bond donors (Lipinski definition) is 1. The van der Waals surface area contributed by atoms with Crippen LogP contribution in [0.4, 0.5) is 11.4 Å². The van der Waals surface area contributed by atoms with E-state index in [2.05, 4.69) is 50.4 Å². The van der Waals surface area contributed by atoms with Crippen molar-refractivity contribution in [2.45, 2.75) is 6.42 Å². The standard InChI is InChI=1S/C23H24N4O2.ClH/c28-23-16-29-22-6-5-17(15-20(22)25-23)8-10-26-11-13-27(14-12-26)21-7-9-24-19-4-2-1-3-18(19)21;/h1-7,9,15H,8,10-14,16H2,(H,25,28);1H. The quantitative estimate of drug-likeness (QED) is 0.696. The fraction of sp³-hybridized carbons (Fsp3) is 0.304. The Hall–Kier alpha value is -2.83. The van der Waals surface area contributed by atoms with Crippen molar-refractivity contribution in [2.24, 2.45) is 0 Å². The van der Waals surface area contributed by atoms with Crippen LogP contribution >= 0.6 is 12.4 Å². The molecule has 0 atom stereocenters. The summed E-state index contributed by atoms with van der Waals surface area (Å²) in [6.07, 6.45) is 2.87. The maximum Gasteiger partial charge on any atom is 0.262 e. The lowest BCUT2D eigenvalue weighted by molar-refractivity contribution is -0.118. The molecule has 156 valence electrons. The summed E-state index contributed by atoms with van der Waals surface area (Å²) >= 11 is 0. The van der Waals surface area contributed by atoms with Gasteiger partial charge >= 0.3 is 0 Å². The van der Waals surface area contributed by atoms with E-state index in [1.165, 1.54) is 16.6 Å². The van der Waals surface area contributed by atoms with Crippen molar-refractivity contribution in [1.29, 1.82) is 0 Å². The maximum absolute atomic E-state index is 11.5. The zero-order valence-electron chi connectivity index (χ0n) is 16.7. The van der Waals surface area contributed by atoms with Gasteiger partial charge in [0.05, 0.1) is 11.2 Å². The summed E-state index contributed by atoms with van der Waals surface area (Å²) in [6.45, 7) is 5.23. The Bertz CT molecular complexity index is 1050. The third-order valence-corrected chi connectivity index (χ3v) is 5.73. The molecule has 1 aromatic heterocycles. The smallest absolute Gasteiger partial charge is 0.262 e. The van der Waals surface area contributed by atoms with Crippen molar-refractivity contribution in [1.82, 2.24) is 9.88 Å². The normalized spacial score (nSPS) is 16.4. The third-order valence-electron chi connectivity index (χ3n) is 5.73. The van der Waals surface area contributed by atoms with Crippen LogP contribution in [0.25, 0.3) is 10.9 Å². The zero-order chi connectivity index (χ0) is 19.6. The summed E-state index contributed by atoms with van der Waals surface area (Å²) in [6, 6.07) is 16.5. The fourth-order valence-corrected chi connectivity index (χ4v) is 4.14. The lowest BCUT2D eigenvalue weighted by Crippen LogP contribution is -2.47. The molecule has 2 aliphatic heterocycles. The summed E-state index contributed by atoms with van der Waals surface area (Å²) in [4.78, 5) is 21.0. The number of aromatic nitrogens is 1. The third kappa shape index (κ3) is 4.20. The molecule has 2 aromatic carbocycles. The molecule has 0 spiro atoms. The van der Waals surface area contributed by atoms with Gasteiger partial charge in [0, 0.05) is 50.0 Å². The molecule has 0 bridgehead atoms. The van der Waals surface area contributed by atoms with Gasteiger partial charge in [-0.25, -0.2) is 0 Å². The van der Waals surface area contributed by atoms with Gasteiger partial charge in [0.1, 0.15) is 5.75 Å². The largest absolute Gasteiger partial charge is 0.482 e. The van der Waals surface area contributed by atoms with Gasteiger partial charge in [-0.05, 0) is 36.2 Å². The molecule has 30 heavy (non-hydrogen) atoms. The Morgan fingerprint density at radius 2 is 1.87 bits per heavy atom. The molecule has 0 aliphatic carbocycles. The van der Waals surface area contributed by atoms with E-state index in [9.17, 15) is 4.79 Å². The number of piperazine rings is 1. The molecule has 0 radical (unpaired) electrons. The highest BCUT2D eigenvalue weighted by molar-refractivity contribution is 5.95. The van der Waals surface area contributed by atoms with Crippen LogP contribution in [-0.4, -0.2) is 55.1 Å². The highest BCUT2D eigenvalue weighted by Crippen LogP contribution is 2.29. The number of amides is 1. The second-order valence-electron chi connectivity index (χ2n) is 7.59.